The van der Waals surface area contributed by atoms with Crippen LogP contribution in [-0.2, 0) is 0 Å². The lowest BCUT2D eigenvalue weighted by Gasteiger charge is -2.07. The summed E-state index contributed by atoms with van der Waals surface area (Å²) >= 11 is 0. The van der Waals surface area contributed by atoms with Crippen LogP contribution in [0.5, 0.6) is 5.75 Å². The fourth-order valence-corrected chi connectivity index (χ4v) is 1.80. The first-order chi connectivity index (χ1) is 7.74. The number of carbonyl (C=O) groups excluding carboxylic acids is 1. The maximum Gasteiger partial charge on any atom is 0.180 e. The quantitative estimate of drug-likeness (QED) is 0.769. The van der Waals surface area contributed by atoms with Crippen LogP contribution in [0.15, 0.2) is 36.4 Å². The van der Waals surface area contributed by atoms with Gasteiger partial charge in [-0.2, -0.15) is 0 Å². The predicted octanol–water partition coefficient (Wildman–Crippen LogP) is 1.95. The van der Waals surface area contributed by atoms with Gasteiger partial charge < -0.3 is 10.4 Å². The molecule has 3 heteroatoms. The number of phenolic OH excluding ortho intramolecular Hbond substituents is 1. The fraction of sp³-hybridized carbons (Fsp3) is 0.154. The standard InChI is InChI=1S/C13H13NO2/c1-14-8-12(16)13-10-5-3-2-4-9(10)6-7-11(13)15/h2-7,14-15H,8H2,1H3. The lowest BCUT2D eigenvalue weighted by molar-refractivity contribution is 0.0993. The molecule has 0 aliphatic carbocycles. The zero-order valence-corrected chi connectivity index (χ0v) is 9.03. The first-order valence-corrected chi connectivity index (χ1v) is 5.12. The van der Waals surface area contributed by atoms with Crippen molar-refractivity contribution >= 4 is 16.6 Å². The molecule has 0 unspecified atom stereocenters. The average Bonchev–Trinajstić information content (AvgIpc) is 2.29. The first kappa shape index (κ1) is 10.6. The molecule has 82 valence electrons. The van der Waals surface area contributed by atoms with Crippen molar-refractivity contribution < 1.29 is 9.90 Å². The van der Waals surface area contributed by atoms with Gasteiger partial charge in [0.2, 0.25) is 0 Å². The molecule has 0 saturated heterocycles. The summed E-state index contributed by atoms with van der Waals surface area (Å²) in [6.07, 6.45) is 0. The molecule has 0 aliphatic rings. The number of hydrogen-bond donors (Lipinski definition) is 2. The summed E-state index contributed by atoms with van der Waals surface area (Å²) in [5, 5.41) is 14.3. The second-order valence-corrected chi connectivity index (χ2v) is 3.63. The molecule has 0 amide bonds. The van der Waals surface area contributed by atoms with Gasteiger partial charge in [-0.05, 0) is 23.9 Å². The van der Waals surface area contributed by atoms with Gasteiger partial charge in [0, 0.05) is 0 Å². The number of phenols is 1. The van der Waals surface area contributed by atoms with E-state index in [1.165, 1.54) is 0 Å². The Morgan fingerprint density at radius 3 is 2.75 bits per heavy atom. The zero-order valence-electron chi connectivity index (χ0n) is 9.03. The Balaban J connectivity index is 2.66. The fourth-order valence-electron chi connectivity index (χ4n) is 1.80. The Hall–Kier alpha value is -1.87. The van der Waals surface area contributed by atoms with Gasteiger partial charge in [-0.25, -0.2) is 0 Å². The van der Waals surface area contributed by atoms with Gasteiger partial charge in [-0.3, -0.25) is 4.79 Å². The normalized spacial score (nSPS) is 10.6. The van der Waals surface area contributed by atoms with Gasteiger partial charge in [-0.15, -0.1) is 0 Å². The topological polar surface area (TPSA) is 49.3 Å². The lowest BCUT2D eigenvalue weighted by atomic mass is 10.0. The average molecular weight is 215 g/mol. The van der Waals surface area contributed by atoms with Crippen LogP contribution in [0.25, 0.3) is 10.8 Å². The minimum absolute atomic E-state index is 0.0407. The van der Waals surface area contributed by atoms with Gasteiger partial charge in [0.1, 0.15) is 5.75 Å². The molecular weight excluding hydrogens is 202 g/mol. The predicted molar refractivity (Wildman–Crippen MR) is 63.9 cm³/mol. The van der Waals surface area contributed by atoms with E-state index in [9.17, 15) is 9.90 Å². The molecule has 3 nitrogen and oxygen atoms in total. The van der Waals surface area contributed by atoms with E-state index in [4.69, 9.17) is 0 Å². The molecule has 2 rings (SSSR count). The molecular formula is C13H13NO2. The van der Waals surface area contributed by atoms with Gasteiger partial charge in [0.25, 0.3) is 0 Å². The van der Waals surface area contributed by atoms with Crippen LogP contribution in [0.2, 0.25) is 0 Å². The Morgan fingerprint density at radius 2 is 2.00 bits per heavy atom. The number of ketones is 1. The Bertz CT molecular complexity index is 534. The third kappa shape index (κ3) is 1.77. The van der Waals surface area contributed by atoms with E-state index < -0.39 is 0 Å². The third-order valence-electron chi connectivity index (χ3n) is 2.52. The third-order valence-corrected chi connectivity index (χ3v) is 2.52. The summed E-state index contributed by atoms with van der Waals surface area (Å²) in [6.45, 7) is 0.224. The van der Waals surface area contributed by atoms with Crippen LogP contribution >= 0.6 is 0 Å². The SMILES string of the molecule is CNCC(=O)c1c(O)ccc2ccccc12. The van der Waals surface area contributed by atoms with E-state index in [-0.39, 0.29) is 18.1 Å². The molecule has 0 spiro atoms. The van der Waals surface area contributed by atoms with Crippen LogP contribution < -0.4 is 5.32 Å². The van der Waals surface area contributed by atoms with Crippen LogP contribution in [0, 0.1) is 0 Å². The Labute approximate surface area is 93.7 Å². The zero-order chi connectivity index (χ0) is 11.5. The van der Waals surface area contributed by atoms with E-state index in [0.29, 0.717) is 5.56 Å². The number of benzene rings is 2. The van der Waals surface area contributed by atoms with Gasteiger partial charge >= 0.3 is 0 Å². The highest BCUT2D eigenvalue weighted by Crippen LogP contribution is 2.27. The number of fused-ring (bicyclic) bond motifs is 1. The second kappa shape index (κ2) is 4.33. The maximum absolute atomic E-state index is 11.9. The van der Waals surface area contributed by atoms with Crippen molar-refractivity contribution in [2.45, 2.75) is 0 Å². The highest BCUT2D eigenvalue weighted by Gasteiger charge is 2.13. The van der Waals surface area contributed by atoms with Crippen molar-refractivity contribution in [1.82, 2.24) is 5.32 Å². The molecule has 0 saturated carbocycles. The van der Waals surface area contributed by atoms with Gasteiger partial charge in [0.15, 0.2) is 5.78 Å². The molecule has 16 heavy (non-hydrogen) atoms. The minimum atomic E-state index is -0.100. The van der Waals surface area contributed by atoms with Gasteiger partial charge in [0.05, 0.1) is 12.1 Å². The molecule has 0 fully saturated rings. The minimum Gasteiger partial charge on any atom is -0.507 e. The van der Waals surface area contributed by atoms with E-state index in [0.717, 1.165) is 10.8 Å². The largest absolute Gasteiger partial charge is 0.507 e. The van der Waals surface area contributed by atoms with E-state index in [1.54, 1.807) is 19.2 Å². The number of nitrogens with one attached hydrogen (secondary N) is 1. The summed E-state index contributed by atoms with van der Waals surface area (Å²) < 4.78 is 0. The molecule has 0 bridgehead atoms. The van der Waals surface area contributed by atoms with Crippen molar-refractivity contribution in [3.05, 3.63) is 42.0 Å². The van der Waals surface area contributed by atoms with E-state index in [1.807, 2.05) is 24.3 Å². The van der Waals surface area contributed by atoms with E-state index >= 15 is 0 Å². The van der Waals surface area contributed by atoms with E-state index in [2.05, 4.69) is 5.32 Å². The van der Waals surface area contributed by atoms with Crippen molar-refractivity contribution in [1.29, 1.82) is 0 Å². The summed E-state index contributed by atoms with van der Waals surface area (Å²) in [4.78, 5) is 11.9. The van der Waals surface area contributed by atoms with Crippen molar-refractivity contribution in [3.63, 3.8) is 0 Å². The number of Topliss-reactive ketones (excluding diaryl/α,β-unsaturated/α-hetero) is 1. The van der Waals surface area contributed by atoms with Crippen molar-refractivity contribution in [2.75, 3.05) is 13.6 Å². The highest BCUT2D eigenvalue weighted by atomic mass is 16.3. The summed E-state index contributed by atoms with van der Waals surface area (Å²) in [5.41, 5.74) is 0.396. The molecule has 0 atom stereocenters. The second-order valence-electron chi connectivity index (χ2n) is 3.63. The molecule has 2 N–H and O–H groups in total. The van der Waals surface area contributed by atoms with Crippen LogP contribution in [0.3, 0.4) is 0 Å². The smallest absolute Gasteiger partial charge is 0.180 e. The van der Waals surface area contributed by atoms with Crippen LogP contribution in [0.1, 0.15) is 10.4 Å². The van der Waals surface area contributed by atoms with Crippen LogP contribution in [0.4, 0.5) is 0 Å². The Morgan fingerprint density at radius 1 is 1.25 bits per heavy atom. The lowest BCUT2D eigenvalue weighted by Crippen LogP contribution is -2.18. The molecule has 0 aromatic heterocycles. The van der Waals surface area contributed by atoms with Crippen molar-refractivity contribution in [2.24, 2.45) is 0 Å². The summed E-state index contributed by atoms with van der Waals surface area (Å²) in [7, 11) is 1.71. The van der Waals surface area contributed by atoms with Gasteiger partial charge in [-0.1, -0.05) is 30.3 Å². The van der Waals surface area contributed by atoms with Crippen molar-refractivity contribution in [3.8, 4) is 5.75 Å². The highest BCUT2D eigenvalue weighted by molar-refractivity contribution is 6.11. The number of hydrogen-bond acceptors (Lipinski definition) is 3. The molecule has 0 aliphatic heterocycles. The molecule has 2 aromatic carbocycles. The Kier molecular flexibility index (Phi) is 2.88. The monoisotopic (exact) mass is 215 g/mol. The number of likely N-dealkylation sites (N-methyl/N-ethyl adjacent to an activating group) is 1. The summed E-state index contributed by atoms with van der Waals surface area (Å²) in [5.74, 6) is -0.0595. The molecule has 0 heterocycles. The number of aromatic hydroxyl groups is 1. The number of carbonyl (C=O) groups is 1. The number of rotatable bonds is 3. The first-order valence-electron chi connectivity index (χ1n) is 5.12. The summed E-state index contributed by atoms with van der Waals surface area (Å²) in [6, 6.07) is 10.9. The molecule has 0 radical (unpaired) electrons. The van der Waals surface area contributed by atoms with Crippen LogP contribution in [-0.4, -0.2) is 24.5 Å². The maximum atomic E-state index is 11.9. The molecule has 2 aromatic rings.